The van der Waals surface area contributed by atoms with E-state index < -0.39 is 10.0 Å². The van der Waals surface area contributed by atoms with Gasteiger partial charge in [-0.3, -0.25) is 0 Å². The fourth-order valence-corrected chi connectivity index (χ4v) is 3.85. The van der Waals surface area contributed by atoms with Crippen molar-refractivity contribution in [1.82, 2.24) is 14.9 Å². The second-order valence-corrected chi connectivity index (χ2v) is 7.05. The quantitative estimate of drug-likeness (QED) is 0.616. The van der Waals surface area contributed by atoms with E-state index >= 15 is 0 Å². The van der Waals surface area contributed by atoms with Crippen molar-refractivity contribution in [2.75, 3.05) is 38.5 Å². The minimum atomic E-state index is -3.12. The molecule has 1 saturated heterocycles. The van der Waals surface area contributed by atoms with Crippen LogP contribution in [-0.4, -0.2) is 57.8 Å². The molecular formula is C13H29N3O2S. The lowest BCUT2D eigenvalue weighted by Gasteiger charge is -2.23. The molecule has 0 aromatic carbocycles. The first-order valence-corrected chi connectivity index (χ1v) is 9.15. The maximum absolute atomic E-state index is 11.9. The Labute approximate surface area is 118 Å². The molecule has 0 aromatic heterocycles. The first kappa shape index (κ1) is 16.9. The van der Waals surface area contributed by atoms with Crippen LogP contribution in [0.4, 0.5) is 0 Å². The van der Waals surface area contributed by atoms with Gasteiger partial charge in [-0.1, -0.05) is 20.3 Å². The molecule has 1 aliphatic heterocycles. The maximum Gasteiger partial charge on any atom is 0.213 e. The number of hydrogen-bond donors (Lipinski definition) is 2. The van der Waals surface area contributed by atoms with E-state index in [1.807, 2.05) is 0 Å². The van der Waals surface area contributed by atoms with Crippen LogP contribution in [0.25, 0.3) is 0 Å². The van der Waals surface area contributed by atoms with Crippen LogP contribution in [0.5, 0.6) is 0 Å². The molecule has 1 fully saturated rings. The number of piperidine rings is 1. The zero-order valence-corrected chi connectivity index (χ0v) is 13.1. The van der Waals surface area contributed by atoms with Crippen LogP contribution in [-0.2, 0) is 10.0 Å². The van der Waals surface area contributed by atoms with Crippen molar-refractivity contribution in [2.45, 2.75) is 45.6 Å². The van der Waals surface area contributed by atoms with Crippen LogP contribution >= 0.6 is 0 Å². The monoisotopic (exact) mass is 291 g/mol. The third-order valence-electron chi connectivity index (χ3n) is 3.70. The first-order chi connectivity index (χ1) is 9.07. The lowest BCUT2D eigenvalue weighted by molar-refractivity contribution is 0.300. The number of nitrogens with zero attached hydrogens (tertiary/aromatic N) is 1. The minimum absolute atomic E-state index is 0.133. The van der Waals surface area contributed by atoms with Crippen LogP contribution < -0.4 is 10.0 Å². The third kappa shape index (κ3) is 7.25. The molecule has 0 bridgehead atoms. The molecule has 1 unspecified atom stereocenters. The van der Waals surface area contributed by atoms with Crippen LogP contribution in [0.2, 0.25) is 0 Å². The lowest BCUT2D eigenvalue weighted by Crippen LogP contribution is -2.43. The molecule has 0 saturated carbocycles. The summed E-state index contributed by atoms with van der Waals surface area (Å²) >= 11 is 0. The van der Waals surface area contributed by atoms with Crippen molar-refractivity contribution in [3.8, 4) is 0 Å². The molecule has 1 rings (SSSR count). The zero-order valence-electron chi connectivity index (χ0n) is 12.3. The van der Waals surface area contributed by atoms with Gasteiger partial charge in [-0.05, 0) is 45.4 Å². The summed E-state index contributed by atoms with van der Waals surface area (Å²) in [5.41, 5.74) is 0. The van der Waals surface area contributed by atoms with Gasteiger partial charge in [-0.25, -0.2) is 13.1 Å². The molecule has 1 atom stereocenters. The van der Waals surface area contributed by atoms with E-state index in [2.05, 4.69) is 28.8 Å². The van der Waals surface area contributed by atoms with Gasteiger partial charge in [-0.2, -0.15) is 0 Å². The third-order valence-corrected chi connectivity index (χ3v) is 5.19. The molecule has 0 aliphatic carbocycles. The van der Waals surface area contributed by atoms with E-state index in [1.54, 1.807) is 0 Å². The minimum Gasteiger partial charge on any atom is -0.313 e. The summed E-state index contributed by atoms with van der Waals surface area (Å²) in [7, 11) is -3.12. The molecule has 2 N–H and O–H groups in total. The van der Waals surface area contributed by atoms with E-state index in [4.69, 9.17) is 0 Å². The number of sulfonamides is 1. The predicted molar refractivity (Wildman–Crippen MR) is 79.8 cm³/mol. The molecule has 5 nitrogen and oxygen atoms in total. The van der Waals surface area contributed by atoms with Crippen molar-refractivity contribution in [3.63, 3.8) is 0 Å². The van der Waals surface area contributed by atoms with Crippen LogP contribution in [0.1, 0.15) is 39.5 Å². The molecule has 0 amide bonds. The Bertz CT molecular complexity index is 323. The van der Waals surface area contributed by atoms with Gasteiger partial charge >= 0.3 is 0 Å². The van der Waals surface area contributed by atoms with E-state index in [-0.39, 0.29) is 11.8 Å². The Kier molecular flexibility index (Phi) is 7.90. The van der Waals surface area contributed by atoms with Crippen molar-refractivity contribution in [1.29, 1.82) is 0 Å². The Balaban J connectivity index is 2.19. The normalized spacial score (nSPS) is 20.9. The van der Waals surface area contributed by atoms with Gasteiger partial charge in [0.15, 0.2) is 0 Å². The molecule has 6 heteroatoms. The van der Waals surface area contributed by atoms with Gasteiger partial charge in [0, 0.05) is 12.6 Å². The van der Waals surface area contributed by atoms with Crippen molar-refractivity contribution >= 4 is 10.0 Å². The summed E-state index contributed by atoms with van der Waals surface area (Å²) in [6.07, 6.45) is 4.14. The van der Waals surface area contributed by atoms with E-state index in [1.165, 1.54) is 0 Å². The first-order valence-electron chi connectivity index (χ1n) is 7.50. The second-order valence-electron chi connectivity index (χ2n) is 5.20. The van der Waals surface area contributed by atoms with Crippen LogP contribution in [0.15, 0.2) is 0 Å². The molecule has 0 spiro atoms. The summed E-state index contributed by atoms with van der Waals surface area (Å²) in [4.78, 5) is 2.30. The molecule has 19 heavy (non-hydrogen) atoms. The van der Waals surface area contributed by atoms with Crippen LogP contribution in [0.3, 0.4) is 0 Å². The topological polar surface area (TPSA) is 61.4 Å². The fraction of sp³-hybridized carbons (Fsp3) is 1.00. The van der Waals surface area contributed by atoms with Gasteiger partial charge in [0.1, 0.15) is 0 Å². The summed E-state index contributed by atoms with van der Waals surface area (Å²) < 4.78 is 26.6. The summed E-state index contributed by atoms with van der Waals surface area (Å²) in [6.45, 7) is 8.75. The van der Waals surface area contributed by atoms with Gasteiger partial charge in [0.05, 0.1) is 5.75 Å². The molecule has 0 radical (unpaired) electrons. The Hall–Kier alpha value is -0.170. The van der Waals surface area contributed by atoms with E-state index in [0.717, 1.165) is 51.9 Å². The average Bonchev–Trinajstić information content (AvgIpc) is 2.39. The highest BCUT2D eigenvalue weighted by Crippen LogP contribution is 2.08. The number of nitrogens with one attached hydrogen (secondary N) is 2. The SMILES string of the molecule is CCN(CC)CCCNS(=O)(=O)CC1CCCCN1. The summed E-state index contributed by atoms with van der Waals surface area (Å²) in [5, 5.41) is 3.27. The largest absolute Gasteiger partial charge is 0.313 e. The van der Waals surface area contributed by atoms with E-state index in [9.17, 15) is 8.42 Å². The van der Waals surface area contributed by atoms with Crippen LogP contribution in [0, 0.1) is 0 Å². The Morgan fingerprint density at radius 3 is 2.58 bits per heavy atom. The summed E-state index contributed by atoms with van der Waals surface area (Å²) in [5.74, 6) is 0.221. The van der Waals surface area contributed by atoms with Gasteiger partial charge < -0.3 is 10.2 Å². The highest BCUT2D eigenvalue weighted by molar-refractivity contribution is 7.89. The van der Waals surface area contributed by atoms with Crippen molar-refractivity contribution in [2.24, 2.45) is 0 Å². The highest BCUT2D eigenvalue weighted by Gasteiger charge is 2.20. The lowest BCUT2D eigenvalue weighted by atomic mass is 10.1. The van der Waals surface area contributed by atoms with Crippen molar-refractivity contribution < 1.29 is 8.42 Å². The molecule has 114 valence electrons. The summed E-state index contributed by atoms with van der Waals surface area (Å²) in [6, 6.07) is 0.133. The highest BCUT2D eigenvalue weighted by atomic mass is 32.2. The second kappa shape index (κ2) is 8.89. The van der Waals surface area contributed by atoms with Gasteiger partial charge in [-0.15, -0.1) is 0 Å². The van der Waals surface area contributed by atoms with Gasteiger partial charge in [0.2, 0.25) is 10.0 Å². The Morgan fingerprint density at radius 2 is 2.00 bits per heavy atom. The molecule has 1 aliphatic rings. The number of hydrogen-bond acceptors (Lipinski definition) is 4. The van der Waals surface area contributed by atoms with Gasteiger partial charge in [0.25, 0.3) is 0 Å². The van der Waals surface area contributed by atoms with Crippen molar-refractivity contribution in [3.05, 3.63) is 0 Å². The Morgan fingerprint density at radius 1 is 1.26 bits per heavy atom. The van der Waals surface area contributed by atoms with E-state index in [0.29, 0.717) is 6.54 Å². The average molecular weight is 291 g/mol. The molecule has 0 aromatic rings. The molecular weight excluding hydrogens is 262 g/mol. The predicted octanol–water partition coefficient (Wildman–Crippen LogP) is 0.780. The fourth-order valence-electron chi connectivity index (χ4n) is 2.46. The number of rotatable bonds is 9. The standard InChI is InChI=1S/C13H29N3O2S/c1-3-16(4-2)11-7-10-15-19(17,18)12-13-8-5-6-9-14-13/h13-15H,3-12H2,1-2H3. The smallest absolute Gasteiger partial charge is 0.213 e. The zero-order chi connectivity index (χ0) is 14.1. The maximum atomic E-state index is 11.9. The molecule has 1 heterocycles.